The summed E-state index contributed by atoms with van der Waals surface area (Å²) in [6.07, 6.45) is 3.86. The Morgan fingerprint density at radius 3 is 2.62 bits per heavy atom. The molecule has 3 aliphatic rings. The van der Waals surface area contributed by atoms with Gasteiger partial charge in [0.05, 0.1) is 5.41 Å². The molecule has 0 aromatic heterocycles. The number of rotatable bonds is 0. The third kappa shape index (κ3) is 2.17. The quantitative estimate of drug-likeness (QED) is 0.794. The molecule has 130 valence electrons. The Morgan fingerprint density at radius 1 is 1.25 bits per heavy atom. The molecule has 0 bridgehead atoms. The second-order valence-electron chi connectivity index (χ2n) is 9.39. The topological polar surface area (TPSA) is 46.3 Å². The number of benzene rings is 1. The monoisotopic (exact) mass is 326 g/mol. The van der Waals surface area contributed by atoms with Crippen molar-refractivity contribution in [1.29, 1.82) is 0 Å². The molecule has 3 nitrogen and oxygen atoms in total. The Balaban J connectivity index is 1.69. The van der Waals surface area contributed by atoms with Crippen LogP contribution >= 0.6 is 0 Å². The lowest BCUT2D eigenvalue weighted by atomic mass is 9.73. The molecule has 1 spiro atoms. The van der Waals surface area contributed by atoms with Crippen LogP contribution < -0.4 is 5.73 Å². The molecule has 4 atom stereocenters. The second-order valence-corrected chi connectivity index (χ2v) is 9.39. The van der Waals surface area contributed by atoms with Gasteiger partial charge in [0.25, 0.3) is 0 Å². The maximum Gasteiger partial charge on any atom is 0.229 e. The maximum atomic E-state index is 13.3. The van der Waals surface area contributed by atoms with Crippen LogP contribution in [0.1, 0.15) is 63.6 Å². The fourth-order valence-corrected chi connectivity index (χ4v) is 5.32. The van der Waals surface area contributed by atoms with Crippen molar-refractivity contribution in [2.45, 2.75) is 77.4 Å². The summed E-state index contributed by atoms with van der Waals surface area (Å²) < 4.78 is 0. The van der Waals surface area contributed by atoms with Crippen molar-refractivity contribution in [3.05, 3.63) is 34.9 Å². The molecule has 24 heavy (non-hydrogen) atoms. The van der Waals surface area contributed by atoms with Crippen LogP contribution in [0, 0.1) is 11.3 Å². The lowest BCUT2D eigenvalue weighted by Crippen LogP contribution is -2.40. The molecule has 1 aromatic rings. The van der Waals surface area contributed by atoms with Crippen molar-refractivity contribution < 1.29 is 4.79 Å². The minimum absolute atomic E-state index is 0.146. The third-order valence-electron chi connectivity index (χ3n) is 6.97. The van der Waals surface area contributed by atoms with E-state index in [1.54, 1.807) is 0 Å². The van der Waals surface area contributed by atoms with Gasteiger partial charge < -0.3 is 10.6 Å². The van der Waals surface area contributed by atoms with Gasteiger partial charge in [-0.3, -0.25) is 4.79 Å². The first-order chi connectivity index (χ1) is 11.2. The molecule has 2 N–H and O–H groups in total. The Hall–Kier alpha value is -1.35. The molecule has 2 fully saturated rings. The molecule has 2 heterocycles. The highest BCUT2D eigenvalue weighted by Gasteiger charge is 2.59. The first-order valence-corrected chi connectivity index (χ1v) is 9.41. The number of amides is 1. The van der Waals surface area contributed by atoms with E-state index in [0.717, 1.165) is 32.2 Å². The van der Waals surface area contributed by atoms with Gasteiger partial charge in [0, 0.05) is 18.6 Å². The number of carbonyl (C=O) groups excluding carboxylic acids is 1. The number of nitrogens with zero attached hydrogens (tertiary/aromatic N) is 1. The highest BCUT2D eigenvalue weighted by Crippen LogP contribution is 2.54. The van der Waals surface area contributed by atoms with Crippen LogP contribution in [0.2, 0.25) is 0 Å². The zero-order valence-electron chi connectivity index (χ0n) is 15.4. The molecule has 1 saturated heterocycles. The van der Waals surface area contributed by atoms with Gasteiger partial charge in [0.2, 0.25) is 5.91 Å². The number of nitrogens with two attached hydrogens (primary N) is 1. The van der Waals surface area contributed by atoms with Crippen LogP contribution in [0.15, 0.2) is 18.2 Å². The van der Waals surface area contributed by atoms with Crippen molar-refractivity contribution >= 4 is 5.91 Å². The van der Waals surface area contributed by atoms with Crippen LogP contribution in [0.3, 0.4) is 0 Å². The third-order valence-corrected chi connectivity index (χ3v) is 6.97. The summed E-state index contributed by atoms with van der Waals surface area (Å²) >= 11 is 0. The van der Waals surface area contributed by atoms with Crippen molar-refractivity contribution in [3.63, 3.8) is 0 Å². The Morgan fingerprint density at radius 2 is 2.00 bits per heavy atom. The highest BCUT2D eigenvalue weighted by molar-refractivity contribution is 5.87. The minimum Gasteiger partial charge on any atom is -0.334 e. The van der Waals surface area contributed by atoms with Crippen molar-refractivity contribution in [1.82, 2.24) is 4.90 Å². The van der Waals surface area contributed by atoms with Gasteiger partial charge in [0.15, 0.2) is 0 Å². The summed E-state index contributed by atoms with van der Waals surface area (Å²) in [5, 5.41) is 0. The van der Waals surface area contributed by atoms with Gasteiger partial charge >= 0.3 is 0 Å². The molecule has 1 saturated carbocycles. The van der Waals surface area contributed by atoms with E-state index in [0.29, 0.717) is 17.9 Å². The molecule has 0 radical (unpaired) electrons. The summed E-state index contributed by atoms with van der Waals surface area (Å²) in [7, 11) is 0. The molecule has 1 aliphatic carbocycles. The van der Waals surface area contributed by atoms with Gasteiger partial charge in [-0.25, -0.2) is 0 Å². The standard InChI is InChI=1S/C21H30N2O/c1-13-18-10-14-5-6-16(20(2,3)4)9-15(14)12-23(18)19(24)21(13)8-7-17(22)11-21/h5-6,9,13,17-18H,7-8,10-12,22H2,1-4H3/t13?,17-,18?,21+/m1/s1. The lowest BCUT2D eigenvalue weighted by Gasteiger charge is -2.34. The van der Waals surface area contributed by atoms with E-state index in [4.69, 9.17) is 5.73 Å². The molecule has 4 rings (SSSR count). The van der Waals surface area contributed by atoms with E-state index in [9.17, 15) is 4.79 Å². The predicted octanol–water partition coefficient (Wildman–Crippen LogP) is 3.38. The van der Waals surface area contributed by atoms with Crippen molar-refractivity contribution in [2.24, 2.45) is 17.1 Å². The number of hydrogen-bond acceptors (Lipinski definition) is 2. The highest BCUT2D eigenvalue weighted by atomic mass is 16.2. The molecular weight excluding hydrogens is 296 g/mol. The summed E-state index contributed by atoms with van der Waals surface area (Å²) in [5.74, 6) is 0.786. The fourth-order valence-electron chi connectivity index (χ4n) is 5.32. The van der Waals surface area contributed by atoms with Crippen LogP contribution in [-0.2, 0) is 23.2 Å². The zero-order valence-corrected chi connectivity index (χ0v) is 15.4. The molecular formula is C21H30N2O. The van der Waals surface area contributed by atoms with Crippen molar-refractivity contribution in [2.75, 3.05) is 0 Å². The van der Waals surface area contributed by atoms with E-state index in [-0.39, 0.29) is 16.9 Å². The van der Waals surface area contributed by atoms with Gasteiger partial charge in [-0.15, -0.1) is 0 Å². The fraction of sp³-hybridized carbons (Fsp3) is 0.667. The maximum absolute atomic E-state index is 13.3. The summed E-state index contributed by atoms with van der Waals surface area (Å²) in [6.45, 7) is 9.81. The zero-order chi connectivity index (χ0) is 17.3. The number of carbonyl (C=O) groups is 1. The van der Waals surface area contributed by atoms with E-state index in [1.165, 1.54) is 16.7 Å². The van der Waals surface area contributed by atoms with Crippen LogP contribution in [0.5, 0.6) is 0 Å². The van der Waals surface area contributed by atoms with Crippen LogP contribution in [0.25, 0.3) is 0 Å². The first kappa shape index (κ1) is 16.1. The first-order valence-electron chi connectivity index (χ1n) is 9.41. The van der Waals surface area contributed by atoms with Crippen LogP contribution in [0.4, 0.5) is 0 Å². The smallest absolute Gasteiger partial charge is 0.229 e. The predicted molar refractivity (Wildman–Crippen MR) is 96.6 cm³/mol. The van der Waals surface area contributed by atoms with Crippen molar-refractivity contribution in [3.8, 4) is 0 Å². The minimum atomic E-state index is -0.182. The Labute approximate surface area is 145 Å². The molecule has 1 amide bonds. The van der Waals surface area contributed by atoms with E-state index in [1.807, 2.05) is 0 Å². The van der Waals surface area contributed by atoms with E-state index < -0.39 is 0 Å². The number of fused-ring (bicyclic) bond motifs is 2. The summed E-state index contributed by atoms with van der Waals surface area (Å²) in [6, 6.07) is 7.46. The van der Waals surface area contributed by atoms with Crippen LogP contribution in [-0.4, -0.2) is 22.9 Å². The largest absolute Gasteiger partial charge is 0.334 e. The molecule has 2 aliphatic heterocycles. The van der Waals surface area contributed by atoms with Gasteiger partial charge in [-0.2, -0.15) is 0 Å². The lowest BCUT2D eigenvalue weighted by molar-refractivity contribution is -0.137. The van der Waals surface area contributed by atoms with Gasteiger partial charge in [0.1, 0.15) is 0 Å². The summed E-state index contributed by atoms with van der Waals surface area (Å²) in [5.41, 5.74) is 10.3. The SMILES string of the molecule is CC1C2Cc3ccc(C(C)(C)C)cc3CN2C(=O)[C@]12CC[C@@H](N)C2. The normalized spacial score (nSPS) is 35.5. The molecule has 2 unspecified atom stereocenters. The molecule has 3 heteroatoms. The summed E-state index contributed by atoms with van der Waals surface area (Å²) in [4.78, 5) is 15.5. The second kappa shape index (κ2) is 5.08. The Kier molecular flexibility index (Phi) is 3.41. The van der Waals surface area contributed by atoms with Gasteiger partial charge in [-0.05, 0) is 53.7 Å². The van der Waals surface area contributed by atoms with Gasteiger partial charge in [-0.1, -0.05) is 45.9 Å². The molecule has 1 aromatic carbocycles. The number of hydrogen-bond donors (Lipinski definition) is 1. The average Bonchev–Trinajstić information content (AvgIpc) is 3.01. The van der Waals surface area contributed by atoms with E-state index >= 15 is 0 Å². The average molecular weight is 326 g/mol. The Bertz CT molecular complexity index is 690. The van der Waals surface area contributed by atoms with E-state index in [2.05, 4.69) is 50.8 Å².